The normalized spacial score (nSPS) is 11.5. The minimum absolute atomic E-state index is 0.230. The smallest absolute Gasteiger partial charge is 0.263 e. The molecular formula is C12H16N4O2S. The highest BCUT2D eigenvalue weighted by Gasteiger charge is 2.20. The van der Waals surface area contributed by atoms with Crippen LogP contribution in [-0.2, 0) is 17.1 Å². The molecule has 0 amide bonds. The molecule has 102 valence electrons. The Hall–Kier alpha value is -2.02. The van der Waals surface area contributed by atoms with Crippen molar-refractivity contribution < 1.29 is 8.42 Å². The van der Waals surface area contributed by atoms with Crippen LogP contribution in [0.15, 0.2) is 29.2 Å². The molecule has 0 aliphatic heterocycles. The number of rotatable bonds is 3. The zero-order valence-corrected chi connectivity index (χ0v) is 11.8. The van der Waals surface area contributed by atoms with Gasteiger partial charge in [0.15, 0.2) is 5.82 Å². The summed E-state index contributed by atoms with van der Waals surface area (Å²) in [5, 5.41) is 4.08. The van der Waals surface area contributed by atoms with Crippen LogP contribution >= 0.6 is 0 Å². The first-order chi connectivity index (χ1) is 8.83. The summed E-state index contributed by atoms with van der Waals surface area (Å²) in [6.07, 6.45) is 0. The molecule has 7 heteroatoms. The first-order valence-electron chi connectivity index (χ1n) is 5.70. The molecule has 2 aromatic rings. The van der Waals surface area contributed by atoms with Gasteiger partial charge in [0.05, 0.1) is 16.3 Å². The topological polar surface area (TPSA) is 90.0 Å². The summed E-state index contributed by atoms with van der Waals surface area (Å²) >= 11 is 0. The van der Waals surface area contributed by atoms with Gasteiger partial charge in [0, 0.05) is 7.05 Å². The van der Waals surface area contributed by atoms with Crippen LogP contribution in [0.1, 0.15) is 11.3 Å². The van der Waals surface area contributed by atoms with Crippen molar-refractivity contribution in [3.8, 4) is 0 Å². The number of anilines is 2. The first kappa shape index (κ1) is 13.4. The lowest BCUT2D eigenvalue weighted by Gasteiger charge is -2.10. The molecule has 0 aliphatic rings. The molecule has 0 bridgehead atoms. The van der Waals surface area contributed by atoms with Crippen LogP contribution in [0.5, 0.6) is 0 Å². The Bertz CT molecular complexity index is 719. The minimum Gasteiger partial charge on any atom is -0.394 e. The standard InChI is InChI=1S/C12H16N4O2S/c1-8-6-4-5-7-10(8)19(17,18)15-12-11(13)9(2)14-16(12)3/h4-7,15H,13H2,1-3H3. The number of sulfonamides is 1. The number of nitrogens with one attached hydrogen (secondary N) is 1. The zero-order valence-electron chi connectivity index (χ0n) is 11.0. The maximum absolute atomic E-state index is 12.3. The van der Waals surface area contributed by atoms with Crippen LogP contribution in [0.2, 0.25) is 0 Å². The Morgan fingerprint density at radius 1 is 1.26 bits per heavy atom. The van der Waals surface area contributed by atoms with Crippen LogP contribution in [0.25, 0.3) is 0 Å². The van der Waals surface area contributed by atoms with Gasteiger partial charge in [-0.2, -0.15) is 5.10 Å². The monoisotopic (exact) mass is 280 g/mol. The molecule has 0 aliphatic carbocycles. The molecule has 0 unspecified atom stereocenters. The van der Waals surface area contributed by atoms with E-state index < -0.39 is 10.0 Å². The molecule has 0 radical (unpaired) electrons. The predicted molar refractivity (Wildman–Crippen MR) is 74.3 cm³/mol. The average Bonchev–Trinajstić information content (AvgIpc) is 2.56. The Morgan fingerprint density at radius 3 is 2.42 bits per heavy atom. The summed E-state index contributed by atoms with van der Waals surface area (Å²) < 4.78 is 28.6. The summed E-state index contributed by atoms with van der Waals surface area (Å²) in [6, 6.07) is 6.76. The van der Waals surface area contributed by atoms with E-state index >= 15 is 0 Å². The summed E-state index contributed by atoms with van der Waals surface area (Å²) in [5.74, 6) is 0.278. The Labute approximate surface area is 112 Å². The largest absolute Gasteiger partial charge is 0.394 e. The predicted octanol–water partition coefficient (Wildman–Crippen LogP) is 1.42. The lowest BCUT2D eigenvalue weighted by Crippen LogP contribution is -2.17. The van der Waals surface area contributed by atoms with Gasteiger partial charge in [-0.05, 0) is 25.5 Å². The van der Waals surface area contributed by atoms with Crippen molar-refractivity contribution in [2.45, 2.75) is 18.7 Å². The summed E-state index contributed by atoms with van der Waals surface area (Å²) in [4.78, 5) is 0.230. The van der Waals surface area contributed by atoms with Crippen molar-refractivity contribution in [3.63, 3.8) is 0 Å². The van der Waals surface area contributed by atoms with Crippen molar-refractivity contribution in [3.05, 3.63) is 35.5 Å². The second-order valence-electron chi connectivity index (χ2n) is 4.34. The first-order valence-corrected chi connectivity index (χ1v) is 7.19. The second-order valence-corrected chi connectivity index (χ2v) is 5.99. The van der Waals surface area contributed by atoms with E-state index in [0.29, 0.717) is 16.9 Å². The molecule has 0 atom stereocenters. The van der Waals surface area contributed by atoms with Gasteiger partial charge in [-0.25, -0.2) is 13.1 Å². The molecule has 0 spiro atoms. The van der Waals surface area contributed by atoms with E-state index in [9.17, 15) is 8.42 Å². The van der Waals surface area contributed by atoms with E-state index in [4.69, 9.17) is 5.73 Å². The molecule has 1 aromatic heterocycles. The van der Waals surface area contributed by atoms with Crippen molar-refractivity contribution in [1.29, 1.82) is 0 Å². The number of nitrogens with zero attached hydrogens (tertiary/aromatic N) is 2. The van der Waals surface area contributed by atoms with Crippen LogP contribution < -0.4 is 10.5 Å². The lowest BCUT2D eigenvalue weighted by atomic mass is 10.2. The Balaban J connectivity index is 2.46. The Morgan fingerprint density at radius 2 is 1.89 bits per heavy atom. The third-order valence-electron chi connectivity index (χ3n) is 2.88. The number of aryl methyl sites for hydroxylation is 3. The maximum Gasteiger partial charge on any atom is 0.263 e. The number of hydrogen-bond donors (Lipinski definition) is 2. The van der Waals surface area contributed by atoms with Gasteiger partial charge in [-0.15, -0.1) is 0 Å². The minimum atomic E-state index is -3.67. The fraction of sp³-hybridized carbons (Fsp3) is 0.250. The van der Waals surface area contributed by atoms with Crippen LogP contribution in [0.3, 0.4) is 0 Å². The Kier molecular flexibility index (Phi) is 3.23. The van der Waals surface area contributed by atoms with Gasteiger partial charge in [0.1, 0.15) is 0 Å². The van der Waals surface area contributed by atoms with Gasteiger partial charge in [-0.3, -0.25) is 4.72 Å². The van der Waals surface area contributed by atoms with E-state index in [-0.39, 0.29) is 10.7 Å². The highest BCUT2D eigenvalue weighted by molar-refractivity contribution is 7.92. The molecule has 1 aromatic carbocycles. The molecule has 6 nitrogen and oxygen atoms in total. The lowest BCUT2D eigenvalue weighted by molar-refractivity contribution is 0.599. The van der Waals surface area contributed by atoms with Crippen molar-refractivity contribution in [2.75, 3.05) is 10.5 Å². The number of hydrogen-bond acceptors (Lipinski definition) is 4. The number of benzene rings is 1. The summed E-state index contributed by atoms with van der Waals surface area (Å²) in [6.45, 7) is 3.47. The third kappa shape index (κ3) is 2.41. The van der Waals surface area contributed by atoms with E-state index in [1.807, 2.05) is 0 Å². The van der Waals surface area contributed by atoms with Gasteiger partial charge in [0.2, 0.25) is 0 Å². The average molecular weight is 280 g/mol. The van der Waals surface area contributed by atoms with E-state index in [1.54, 1.807) is 45.2 Å². The fourth-order valence-corrected chi connectivity index (χ4v) is 3.19. The zero-order chi connectivity index (χ0) is 14.2. The van der Waals surface area contributed by atoms with E-state index in [0.717, 1.165) is 0 Å². The highest BCUT2D eigenvalue weighted by atomic mass is 32.2. The van der Waals surface area contributed by atoms with Crippen LogP contribution in [0, 0.1) is 13.8 Å². The third-order valence-corrected chi connectivity index (χ3v) is 4.38. The van der Waals surface area contributed by atoms with Crippen molar-refractivity contribution >= 4 is 21.5 Å². The molecule has 0 saturated carbocycles. The van der Waals surface area contributed by atoms with Gasteiger partial charge < -0.3 is 5.73 Å². The highest BCUT2D eigenvalue weighted by Crippen LogP contribution is 2.25. The number of nitrogens with two attached hydrogens (primary N) is 1. The SMILES string of the molecule is Cc1ccccc1S(=O)(=O)Nc1c(N)c(C)nn1C. The summed E-state index contributed by atoms with van der Waals surface area (Å²) in [5.41, 5.74) is 7.41. The molecule has 1 heterocycles. The van der Waals surface area contributed by atoms with Crippen LogP contribution in [-0.4, -0.2) is 18.2 Å². The molecule has 2 rings (SSSR count). The number of nitrogen functional groups attached to an aromatic ring is 1. The molecule has 3 N–H and O–H groups in total. The maximum atomic E-state index is 12.3. The van der Waals surface area contributed by atoms with Crippen LogP contribution in [0.4, 0.5) is 11.5 Å². The molecule has 19 heavy (non-hydrogen) atoms. The molecule has 0 fully saturated rings. The van der Waals surface area contributed by atoms with E-state index in [1.165, 1.54) is 4.68 Å². The molecular weight excluding hydrogens is 264 g/mol. The summed E-state index contributed by atoms with van der Waals surface area (Å²) in [7, 11) is -2.03. The fourth-order valence-electron chi connectivity index (χ4n) is 1.84. The number of aromatic nitrogens is 2. The van der Waals surface area contributed by atoms with Crippen molar-refractivity contribution in [1.82, 2.24) is 9.78 Å². The van der Waals surface area contributed by atoms with Gasteiger partial charge in [0.25, 0.3) is 10.0 Å². The van der Waals surface area contributed by atoms with E-state index in [2.05, 4.69) is 9.82 Å². The van der Waals surface area contributed by atoms with Gasteiger partial charge >= 0.3 is 0 Å². The second kappa shape index (κ2) is 4.58. The van der Waals surface area contributed by atoms with Crippen molar-refractivity contribution in [2.24, 2.45) is 7.05 Å². The van der Waals surface area contributed by atoms with Gasteiger partial charge in [-0.1, -0.05) is 18.2 Å². The quantitative estimate of drug-likeness (QED) is 0.889. The molecule has 0 saturated heterocycles.